The molecule has 0 saturated heterocycles. The Hall–Kier alpha value is -0.730. The molecular formula is C13H6Cl4O. The summed E-state index contributed by atoms with van der Waals surface area (Å²) in [6, 6.07) is 9.52. The topological polar surface area (TPSA) is 17.1 Å². The summed E-state index contributed by atoms with van der Waals surface area (Å²) in [7, 11) is 0. The quantitative estimate of drug-likeness (QED) is 0.665. The standard InChI is InChI=1S/C13H6Cl4O/c14-8-5-4-7(6-11(8)17)13(18)12-9(15)2-1-3-10(12)16/h1-6H. The van der Waals surface area contributed by atoms with Gasteiger partial charge in [-0.1, -0.05) is 52.5 Å². The average Bonchev–Trinajstić information content (AvgIpc) is 2.32. The molecule has 0 unspecified atom stereocenters. The van der Waals surface area contributed by atoms with Crippen LogP contribution in [-0.2, 0) is 0 Å². The zero-order valence-corrected chi connectivity index (χ0v) is 11.9. The molecule has 0 amide bonds. The minimum atomic E-state index is -0.288. The molecule has 0 radical (unpaired) electrons. The van der Waals surface area contributed by atoms with Crippen molar-refractivity contribution in [2.24, 2.45) is 0 Å². The van der Waals surface area contributed by atoms with Crippen molar-refractivity contribution < 1.29 is 4.79 Å². The number of hydrogen-bond acceptors (Lipinski definition) is 1. The second-order valence-electron chi connectivity index (χ2n) is 3.55. The predicted molar refractivity (Wildman–Crippen MR) is 76.4 cm³/mol. The highest BCUT2D eigenvalue weighted by molar-refractivity contribution is 6.43. The fraction of sp³-hybridized carbons (Fsp3) is 0. The number of ketones is 1. The van der Waals surface area contributed by atoms with Crippen molar-refractivity contribution in [3.63, 3.8) is 0 Å². The van der Waals surface area contributed by atoms with Crippen LogP contribution in [0.4, 0.5) is 0 Å². The van der Waals surface area contributed by atoms with E-state index in [-0.39, 0.29) is 11.3 Å². The smallest absolute Gasteiger partial charge is 0.196 e. The average molecular weight is 320 g/mol. The van der Waals surface area contributed by atoms with Crippen molar-refractivity contribution in [3.05, 3.63) is 67.6 Å². The SMILES string of the molecule is O=C(c1ccc(Cl)c(Cl)c1)c1c(Cl)cccc1Cl. The largest absolute Gasteiger partial charge is 0.288 e. The Morgan fingerprint density at radius 1 is 0.778 bits per heavy atom. The van der Waals surface area contributed by atoms with Gasteiger partial charge in [-0.15, -0.1) is 0 Å². The van der Waals surface area contributed by atoms with Crippen LogP contribution >= 0.6 is 46.4 Å². The van der Waals surface area contributed by atoms with Crippen LogP contribution in [0.25, 0.3) is 0 Å². The molecule has 2 aromatic rings. The Morgan fingerprint density at radius 2 is 1.39 bits per heavy atom. The third kappa shape index (κ3) is 2.65. The molecule has 0 aliphatic rings. The van der Waals surface area contributed by atoms with E-state index in [1.165, 1.54) is 6.07 Å². The molecule has 18 heavy (non-hydrogen) atoms. The maximum absolute atomic E-state index is 12.3. The van der Waals surface area contributed by atoms with Crippen LogP contribution in [0.5, 0.6) is 0 Å². The van der Waals surface area contributed by atoms with Gasteiger partial charge in [0.1, 0.15) is 0 Å². The molecule has 5 heteroatoms. The van der Waals surface area contributed by atoms with Crippen LogP contribution in [0.1, 0.15) is 15.9 Å². The second-order valence-corrected chi connectivity index (χ2v) is 5.18. The third-order valence-corrected chi connectivity index (χ3v) is 3.74. The van der Waals surface area contributed by atoms with Gasteiger partial charge in [0.05, 0.1) is 25.7 Å². The first kappa shape index (κ1) is 13.7. The Bertz CT molecular complexity index is 602. The summed E-state index contributed by atoms with van der Waals surface area (Å²) < 4.78 is 0. The summed E-state index contributed by atoms with van der Waals surface area (Å²) in [6.07, 6.45) is 0. The molecule has 0 bridgehead atoms. The van der Waals surface area contributed by atoms with E-state index in [0.29, 0.717) is 25.7 Å². The lowest BCUT2D eigenvalue weighted by molar-refractivity contribution is 0.103. The molecule has 0 saturated carbocycles. The van der Waals surface area contributed by atoms with E-state index in [0.717, 1.165) is 0 Å². The molecule has 0 aromatic heterocycles. The minimum absolute atomic E-state index is 0.263. The first-order valence-corrected chi connectivity index (χ1v) is 6.45. The number of carbonyl (C=O) groups is 1. The molecule has 2 rings (SSSR count). The van der Waals surface area contributed by atoms with Crippen LogP contribution in [0, 0.1) is 0 Å². The van der Waals surface area contributed by atoms with Gasteiger partial charge in [0.25, 0.3) is 0 Å². The van der Waals surface area contributed by atoms with E-state index < -0.39 is 0 Å². The van der Waals surface area contributed by atoms with Gasteiger partial charge in [-0.2, -0.15) is 0 Å². The van der Waals surface area contributed by atoms with E-state index in [4.69, 9.17) is 46.4 Å². The summed E-state index contributed by atoms with van der Waals surface area (Å²) >= 11 is 23.6. The van der Waals surface area contributed by atoms with Crippen LogP contribution < -0.4 is 0 Å². The Morgan fingerprint density at radius 3 is 1.94 bits per heavy atom. The maximum atomic E-state index is 12.3. The lowest BCUT2D eigenvalue weighted by Gasteiger charge is -2.06. The molecule has 92 valence electrons. The highest BCUT2D eigenvalue weighted by Crippen LogP contribution is 2.29. The first-order valence-electron chi connectivity index (χ1n) is 4.94. The van der Waals surface area contributed by atoms with E-state index in [1.807, 2.05) is 0 Å². The van der Waals surface area contributed by atoms with Crippen molar-refractivity contribution in [3.8, 4) is 0 Å². The minimum Gasteiger partial charge on any atom is -0.288 e. The normalized spacial score (nSPS) is 10.4. The van der Waals surface area contributed by atoms with E-state index in [1.54, 1.807) is 30.3 Å². The van der Waals surface area contributed by atoms with Gasteiger partial charge in [-0.25, -0.2) is 0 Å². The molecular weight excluding hydrogens is 314 g/mol. The number of halogens is 4. The zero-order valence-electron chi connectivity index (χ0n) is 8.88. The van der Waals surface area contributed by atoms with Gasteiger partial charge < -0.3 is 0 Å². The third-order valence-electron chi connectivity index (χ3n) is 2.37. The van der Waals surface area contributed by atoms with E-state index in [2.05, 4.69) is 0 Å². The summed E-state index contributed by atoms with van der Waals surface area (Å²) in [5.41, 5.74) is 0.652. The van der Waals surface area contributed by atoms with Crippen LogP contribution in [-0.4, -0.2) is 5.78 Å². The van der Waals surface area contributed by atoms with Gasteiger partial charge >= 0.3 is 0 Å². The number of hydrogen-bond donors (Lipinski definition) is 0. The fourth-order valence-electron chi connectivity index (χ4n) is 1.50. The summed E-state index contributed by atoms with van der Waals surface area (Å²) in [5, 5.41) is 1.31. The van der Waals surface area contributed by atoms with Crippen LogP contribution in [0.3, 0.4) is 0 Å². The molecule has 0 N–H and O–H groups in total. The van der Waals surface area contributed by atoms with E-state index in [9.17, 15) is 4.79 Å². The lowest BCUT2D eigenvalue weighted by Crippen LogP contribution is -2.03. The Labute approximate surface area is 124 Å². The Kier molecular flexibility index (Phi) is 4.18. The molecule has 0 spiro atoms. The van der Waals surface area contributed by atoms with Crippen LogP contribution in [0.2, 0.25) is 20.1 Å². The molecule has 0 heterocycles. The summed E-state index contributed by atoms with van der Waals surface area (Å²) in [5.74, 6) is -0.288. The lowest BCUT2D eigenvalue weighted by atomic mass is 10.0. The van der Waals surface area contributed by atoms with Crippen molar-refractivity contribution in [1.29, 1.82) is 0 Å². The fourth-order valence-corrected chi connectivity index (χ4v) is 2.36. The van der Waals surface area contributed by atoms with Crippen LogP contribution in [0.15, 0.2) is 36.4 Å². The number of carbonyl (C=O) groups excluding carboxylic acids is 1. The monoisotopic (exact) mass is 318 g/mol. The molecule has 2 aromatic carbocycles. The predicted octanol–water partition coefficient (Wildman–Crippen LogP) is 5.53. The van der Waals surface area contributed by atoms with Gasteiger partial charge in [0.2, 0.25) is 0 Å². The maximum Gasteiger partial charge on any atom is 0.196 e. The second kappa shape index (κ2) is 5.50. The van der Waals surface area contributed by atoms with Crippen molar-refractivity contribution in [2.75, 3.05) is 0 Å². The zero-order chi connectivity index (χ0) is 13.3. The summed E-state index contributed by atoms with van der Waals surface area (Å²) in [4.78, 5) is 12.3. The van der Waals surface area contributed by atoms with Gasteiger partial charge in [-0.3, -0.25) is 4.79 Å². The van der Waals surface area contributed by atoms with Gasteiger partial charge in [-0.05, 0) is 30.3 Å². The Balaban J connectivity index is 2.51. The van der Waals surface area contributed by atoms with E-state index >= 15 is 0 Å². The first-order chi connectivity index (χ1) is 8.50. The molecule has 0 fully saturated rings. The number of rotatable bonds is 2. The molecule has 0 atom stereocenters. The van der Waals surface area contributed by atoms with Gasteiger partial charge in [0.15, 0.2) is 5.78 Å². The van der Waals surface area contributed by atoms with Gasteiger partial charge in [0, 0.05) is 5.56 Å². The molecule has 1 nitrogen and oxygen atoms in total. The highest BCUT2D eigenvalue weighted by atomic mass is 35.5. The van der Waals surface area contributed by atoms with Crippen molar-refractivity contribution >= 4 is 52.2 Å². The van der Waals surface area contributed by atoms with Crippen molar-refractivity contribution in [1.82, 2.24) is 0 Å². The number of benzene rings is 2. The highest BCUT2D eigenvalue weighted by Gasteiger charge is 2.17. The molecule has 0 aliphatic heterocycles. The van der Waals surface area contributed by atoms with Crippen molar-refractivity contribution in [2.45, 2.75) is 0 Å². The molecule has 0 aliphatic carbocycles. The summed E-state index contributed by atoms with van der Waals surface area (Å²) in [6.45, 7) is 0.